The molecule has 2 aliphatic rings. The van der Waals surface area contributed by atoms with E-state index < -0.39 is 0 Å². The molecule has 9 heteroatoms. The molecule has 4 heterocycles. The molecule has 6 aromatic rings. The molecule has 1 amide bonds. The molecule has 1 saturated heterocycles. The maximum Gasteiger partial charge on any atom is 0.410 e. The Morgan fingerprint density at radius 2 is 1.46 bits per heavy atom. The highest BCUT2D eigenvalue weighted by atomic mass is 16.6. The number of ether oxygens (including phenoxy) is 2. The number of imidazole rings is 1. The van der Waals surface area contributed by atoms with E-state index >= 15 is 0 Å². The van der Waals surface area contributed by atoms with Gasteiger partial charge in [0.25, 0.3) is 0 Å². The van der Waals surface area contributed by atoms with Crippen LogP contribution in [0.2, 0.25) is 0 Å². The van der Waals surface area contributed by atoms with Gasteiger partial charge in [-0.15, -0.1) is 0 Å². The zero-order valence-electron chi connectivity index (χ0n) is 27.1. The van der Waals surface area contributed by atoms with Crippen LogP contribution in [0.4, 0.5) is 4.79 Å². The van der Waals surface area contributed by atoms with Gasteiger partial charge in [0.1, 0.15) is 30.6 Å². The fourth-order valence-electron chi connectivity index (χ4n) is 7.37. The number of nitrogens with zero attached hydrogens (tertiary/aromatic N) is 6. The molecule has 9 nitrogen and oxygen atoms in total. The third-order valence-corrected chi connectivity index (χ3v) is 9.96. The van der Waals surface area contributed by atoms with Gasteiger partial charge >= 0.3 is 6.09 Å². The topological polar surface area (TPSA) is 87.3 Å². The number of amides is 1. The van der Waals surface area contributed by atoms with Gasteiger partial charge in [-0.05, 0) is 54.5 Å². The van der Waals surface area contributed by atoms with Gasteiger partial charge in [0.2, 0.25) is 5.88 Å². The standard InChI is InChI=1S/C39H40N6O3/c46-39(48-25-29-12-6-2-7-13-29)43-20-18-32(19-21-43)44-23-33(36-37(44)38(41-26-40-36)47-24-28-10-4-1-5-11-28)30-16-17-35-34(22-30)42-27-45(35)31-14-8-3-9-15-31/h1-2,4-7,10-13,16-17,22-23,26-27,31-32H,3,8-9,14-15,18-21,24-25H2. The summed E-state index contributed by atoms with van der Waals surface area (Å²) in [6.07, 6.45) is 13.4. The third kappa shape index (κ3) is 6.12. The van der Waals surface area contributed by atoms with Crippen molar-refractivity contribution < 1.29 is 14.3 Å². The summed E-state index contributed by atoms with van der Waals surface area (Å²) < 4.78 is 16.7. The van der Waals surface area contributed by atoms with Crippen molar-refractivity contribution in [3.8, 4) is 17.0 Å². The lowest BCUT2D eigenvalue weighted by molar-refractivity contribution is 0.0834. The van der Waals surface area contributed by atoms with E-state index in [0.717, 1.165) is 51.6 Å². The second-order valence-corrected chi connectivity index (χ2v) is 13.0. The van der Waals surface area contributed by atoms with E-state index in [0.29, 0.717) is 31.6 Å². The normalized spacial score (nSPS) is 16.0. The van der Waals surface area contributed by atoms with Crippen molar-refractivity contribution in [1.82, 2.24) is 29.0 Å². The first-order valence-electron chi connectivity index (χ1n) is 17.2. The quantitative estimate of drug-likeness (QED) is 0.166. The van der Waals surface area contributed by atoms with Crippen LogP contribution in [0.5, 0.6) is 5.88 Å². The predicted octanol–water partition coefficient (Wildman–Crippen LogP) is 8.51. The Kier molecular flexibility index (Phi) is 8.49. The Balaban J connectivity index is 1.09. The highest BCUT2D eigenvalue weighted by Crippen LogP contribution is 2.39. The number of benzene rings is 3. The van der Waals surface area contributed by atoms with Crippen LogP contribution in [-0.4, -0.2) is 48.2 Å². The molecule has 0 radical (unpaired) electrons. The molecule has 8 rings (SSSR count). The molecule has 1 saturated carbocycles. The number of carbonyl (C=O) groups excluding carboxylic acids is 1. The smallest absolute Gasteiger partial charge is 0.410 e. The largest absolute Gasteiger partial charge is 0.471 e. The average Bonchev–Trinajstić information content (AvgIpc) is 3.76. The van der Waals surface area contributed by atoms with Gasteiger partial charge in [0.15, 0.2) is 0 Å². The summed E-state index contributed by atoms with van der Waals surface area (Å²) in [6, 6.07) is 27.2. The van der Waals surface area contributed by atoms with Gasteiger partial charge in [-0.25, -0.2) is 14.8 Å². The lowest BCUT2D eigenvalue weighted by atomic mass is 9.95. The fraction of sp³-hybridized carbons (Fsp3) is 0.333. The monoisotopic (exact) mass is 640 g/mol. The SMILES string of the molecule is O=C(OCc1ccccc1)N1CCC(n2cc(-c3ccc4c(c3)ncn4C3CCCCC3)c3ncnc(OCc4ccccc4)c32)CC1. The molecule has 0 N–H and O–H groups in total. The molecule has 2 fully saturated rings. The molecule has 0 atom stereocenters. The first kappa shape index (κ1) is 30.2. The van der Waals surface area contributed by atoms with Crippen molar-refractivity contribution in [2.75, 3.05) is 13.1 Å². The summed E-state index contributed by atoms with van der Waals surface area (Å²) in [7, 11) is 0. The fourth-order valence-corrected chi connectivity index (χ4v) is 7.37. The van der Waals surface area contributed by atoms with Crippen LogP contribution in [0.3, 0.4) is 0 Å². The highest BCUT2D eigenvalue weighted by Gasteiger charge is 2.28. The molecule has 0 unspecified atom stereocenters. The van der Waals surface area contributed by atoms with E-state index in [1.807, 2.05) is 59.8 Å². The summed E-state index contributed by atoms with van der Waals surface area (Å²) in [5.74, 6) is 0.558. The maximum atomic E-state index is 12.9. The number of fused-ring (bicyclic) bond motifs is 2. The van der Waals surface area contributed by atoms with Crippen molar-refractivity contribution in [1.29, 1.82) is 0 Å². The van der Waals surface area contributed by atoms with E-state index in [2.05, 4.69) is 50.6 Å². The number of hydrogen-bond donors (Lipinski definition) is 0. The minimum Gasteiger partial charge on any atom is -0.471 e. The molecule has 1 aliphatic carbocycles. The lowest BCUT2D eigenvalue weighted by Crippen LogP contribution is -2.39. The summed E-state index contributed by atoms with van der Waals surface area (Å²) >= 11 is 0. The Bertz CT molecular complexity index is 2010. The zero-order valence-corrected chi connectivity index (χ0v) is 27.1. The van der Waals surface area contributed by atoms with Gasteiger partial charge in [-0.2, -0.15) is 4.98 Å². The first-order valence-corrected chi connectivity index (χ1v) is 17.2. The van der Waals surface area contributed by atoms with E-state index in [1.165, 1.54) is 37.6 Å². The van der Waals surface area contributed by atoms with Crippen molar-refractivity contribution in [2.24, 2.45) is 0 Å². The van der Waals surface area contributed by atoms with Gasteiger partial charge in [-0.3, -0.25) is 0 Å². The minimum atomic E-state index is -0.272. The molecule has 0 bridgehead atoms. The number of carbonyl (C=O) groups is 1. The van der Waals surface area contributed by atoms with Crippen molar-refractivity contribution in [3.05, 3.63) is 109 Å². The van der Waals surface area contributed by atoms with Crippen LogP contribution < -0.4 is 4.74 Å². The van der Waals surface area contributed by atoms with E-state index in [4.69, 9.17) is 19.4 Å². The number of likely N-dealkylation sites (tertiary alicyclic amines) is 1. The van der Waals surface area contributed by atoms with Gasteiger partial charge in [0.05, 0.1) is 17.4 Å². The van der Waals surface area contributed by atoms with E-state index in [1.54, 1.807) is 6.33 Å². The van der Waals surface area contributed by atoms with Crippen LogP contribution in [0.25, 0.3) is 33.2 Å². The van der Waals surface area contributed by atoms with Crippen LogP contribution in [-0.2, 0) is 18.0 Å². The molecule has 3 aromatic carbocycles. The summed E-state index contributed by atoms with van der Waals surface area (Å²) in [5, 5.41) is 0. The van der Waals surface area contributed by atoms with E-state index in [9.17, 15) is 4.79 Å². The number of hydrogen-bond acceptors (Lipinski definition) is 6. The predicted molar refractivity (Wildman–Crippen MR) is 186 cm³/mol. The van der Waals surface area contributed by atoms with Crippen LogP contribution >= 0.6 is 0 Å². The second kappa shape index (κ2) is 13.5. The molecule has 0 spiro atoms. The number of rotatable bonds is 8. The lowest BCUT2D eigenvalue weighted by Gasteiger charge is -2.32. The maximum absolute atomic E-state index is 12.9. The second-order valence-electron chi connectivity index (χ2n) is 13.0. The molecular weight excluding hydrogens is 600 g/mol. The first-order chi connectivity index (χ1) is 23.7. The Morgan fingerprint density at radius 1 is 0.750 bits per heavy atom. The number of piperidine rings is 1. The molecule has 244 valence electrons. The Morgan fingerprint density at radius 3 is 2.21 bits per heavy atom. The molecular formula is C39H40N6O3. The summed E-state index contributed by atoms with van der Waals surface area (Å²) in [4.78, 5) is 29.1. The van der Waals surface area contributed by atoms with Gasteiger partial charge < -0.3 is 23.5 Å². The molecule has 3 aromatic heterocycles. The van der Waals surface area contributed by atoms with Gasteiger partial charge in [0, 0.05) is 36.9 Å². The Labute approximate surface area is 280 Å². The van der Waals surface area contributed by atoms with Crippen molar-refractivity contribution in [2.45, 2.75) is 70.2 Å². The van der Waals surface area contributed by atoms with Crippen LogP contribution in [0.15, 0.2) is 97.7 Å². The average molecular weight is 641 g/mol. The van der Waals surface area contributed by atoms with Gasteiger partial charge in [-0.1, -0.05) is 86.0 Å². The zero-order chi connectivity index (χ0) is 32.3. The van der Waals surface area contributed by atoms with Crippen LogP contribution in [0.1, 0.15) is 68.2 Å². The van der Waals surface area contributed by atoms with E-state index in [-0.39, 0.29) is 18.7 Å². The van der Waals surface area contributed by atoms with Crippen LogP contribution in [0, 0.1) is 0 Å². The Hall–Kier alpha value is -5.18. The highest BCUT2D eigenvalue weighted by molar-refractivity contribution is 5.97. The summed E-state index contributed by atoms with van der Waals surface area (Å²) in [6.45, 7) is 1.88. The molecule has 1 aliphatic heterocycles. The minimum absolute atomic E-state index is 0.138. The van der Waals surface area contributed by atoms with Crippen molar-refractivity contribution in [3.63, 3.8) is 0 Å². The van der Waals surface area contributed by atoms with Crippen molar-refractivity contribution >= 4 is 28.2 Å². The number of aromatic nitrogens is 5. The molecule has 48 heavy (non-hydrogen) atoms. The third-order valence-electron chi connectivity index (χ3n) is 9.96. The summed E-state index contributed by atoms with van der Waals surface area (Å²) in [5.41, 5.74) is 8.05.